The van der Waals surface area contributed by atoms with Crippen molar-refractivity contribution < 1.29 is 19.2 Å². The fraction of sp³-hybridized carbons (Fsp3) is 0.692. The zero-order valence-electron chi connectivity index (χ0n) is 12.6. The average Bonchev–Trinajstić information content (AvgIpc) is 2.40. The third-order valence-electron chi connectivity index (χ3n) is 2.75. The van der Waals surface area contributed by atoms with E-state index in [-0.39, 0.29) is 37.1 Å². The van der Waals surface area contributed by atoms with Crippen molar-refractivity contribution in [3.8, 4) is 0 Å². The summed E-state index contributed by atoms with van der Waals surface area (Å²) in [7, 11) is 0. The smallest absolute Gasteiger partial charge is 0.242 e. The van der Waals surface area contributed by atoms with Crippen LogP contribution < -0.4 is 16.4 Å². The molecule has 0 unspecified atom stereocenters. The molecule has 0 aliphatic heterocycles. The summed E-state index contributed by atoms with van der Waals surface area (Å²) < 4.78 is 0. The van der Waals surface area contributed by atoms with E-state index >= 15 is 0 Å². The van der Waals surface area contributed by atoms with E-state index in [4.69, 9.17) is 5.73 Å². The Hall–Kier alpha value is -2.12. The largest absolute Gasteiger partial charge is 0.370 e. The number of rotatable bonds is 10. The van der Waals surface area contributed by atoms with E-state index in [1.807, 2.05) is 6.92 Å². The minimum atomic E-state index is -0.427. The van der Waals surface area contributed by atoms with Crippen molar-refractivity contribution in [2.75, 3.05) is 26.2 Å². The third-order valence-corrected chi connectivity index (χ3v) is 2.75. The second-order valence-electron chi connectivity index (χ2n) is 4.55. The summed E-state index contributed by atoms with van der Waals surface area (Å²) >= 11 is 0. The number of nitrogens with one attached hydrogen (secondary N) is 2. The van der Waals surface area contributed by atoms with Crippen LogP contribution in [0.5, 0.6) is 0 Å². The van der Waals surface area contributed by atoms with Gasteiger partial charge >= 0.3 is 0 Å². The molecule has 0 aliphatic rings. The molecular formula is C13H24N4O4. The van der Waals surface area contributed by atoms with Gasteiger partial charge in [0.25, 0.3) is 0 Å². The highest BCUT2D eigenvalue weighted by Crippen LogP contribution is 1.94. The molecule has 0 aromatic rings. The summed E-state index contributed by atoms with van der Waals surface area (Å²) in [4.78, 5) is 46.0. The molecule has 0 saturated heterocycles. The van der Waals surface area contributed by atoms with Gasteiger partial charge in [0.05, 0.1) is 6.54 Å². The lowest BCUT2D eigenvalue weighted by atomic mass is 10.2. The van der Waals surface area contributed by atoms with E-state index in [9.17, 15) is 19.2 Å². The van der Waals surface area contributed by atoms with Gasteiger partial charge in [-0.2, -0.15) is 0 Å². The molecule has 0 rings (SSSR count). The first-order valence-corrected chi connectivity index (χ1v) is 6.94. The van der Waals surface area contributed by atoms with Crippen molar-refractivity contribution in [3.05, 3.63) is 0 Å². The van der Waals surface area contributed by atoms with Crippen LogP contribution >= 0.6 is 0 Å². The molecule has 8 heteroatoms. The summed E-state index contributed by atoms with van der Waals surface area (Å²) in [6.45, 7) is 4.31. The first-order valence-electron chi connectivity index (χ1n) is 6.94. The highest BCUT2D eigenvalue weighted by molar-refractivity contribution is 5.83. The van der Waals surface area contributed by atoms with Gasteiger partial charge in [0, 0.05) is 39.4 Å². The van der Waals surface area contributed by atoms with Crippen LogP contribution in [0.25, 0.3) is 0 Å². The number of hydrogen-bond donors (Lipinski definition) is 3. The number of amides is 4. The SMILES string of the molecule is CCN(CCNC(=O)CCCC(N)=O)C(=O)CNC(C)=O. The molecule has 4 amide bonds. The van der Waals surface area contributed by atoms with Crippen LogP contribution in [0.15, 0.2) is 0 Å². The van der Waals surface area contributed by atoms with Crippen molar-refractivity contribution in [2.45, 2.75) is 33.1 Å². The molecule has 21 heavy (non-hydrogen) atoms. The molecule has 0 atom stereocenters. The van der Waals surface area contributed by atoms with Gasteiger partial charge < -0.3 is 21.3 Å². The second-order valence-corrected chi connectivity index (χ2v) is 4.55. The predicted octanol–water partition coefficient (Wildman–Crippen LogP) is -1.26. The summed E-state index contributed by atoms with van der Waals surface area (Å²) in [6.07, 6.45) is 0.832. The first kappa shape index (κ1) is 18.9. The highest BCUT2D eigenvalue weighted by Gasteiger charge is 2.12. The minimum absolute atomic E-state index is 0.0459. The van der Waals surface area contributed by atoms with E-state index in [0.717, 1.165) is 0 Å². The lowest BCUT2D eigenvalue weighted by Crippen LogP contribution is -2.43. The first-order chi connectivity index (χ1) is 9.86. The Morgan fingerprint density at radius 2 is 1.76 bits per heavy atom. The van der Waals surface area contributed by atoms with Gasteiger partial charge in [-0.25, -0.2) is 0 Å². The van der Waals surface area contributed by atoms with E-state index in [1.165, 1.54) is 6.92 Å². The molecule has 0 radical (unpaired) electrons. The number of carbonyl (C=O) groups is 4. The van der Waals surface area contributed by atoms with Crippen LogP contribution in [0, 0.1) is 0 Å². The van der Waals surface area contributed by atoms with Crippen molar-refractivity contribution in [2.24, 2.45) is 5.73 Å². The zero-order chi connectivity index (χ0) is 16.3. The van der Waals surface area contributed by atoms with Crippen LogP contribution in [-0.2, 0) is 19.2 Å². The Balaban J connectivity index is 3.89. The maximum atomic E-state index is 11.7. The van der Waals surface area contributed by atoms with E-state index in [0.29, 0.717) is 26.1 Å². The molecule has 0 bridgehead atoms. The molecule has 4 N–H and O–H groups in total. The van der Waals surface area contributed by atoms with E-state index in [1.54, 1.807) is 4.90 Å². The van der Waals surface area contributed by atoms with Gasteiger partial charge in [-0.05, 0) is 13.3 Å². The van der Waals surface area contributed by atoms with E-state index < -0.39 is 5.91 Å². The summed E-state index contributed by atoms with van der Waals surface area (Å²) in [5.41, 5.74) is 4.97. The molecule has 120 valence electrons. The molecule has 8 nitrogen and oxygen atoms in total. The fourth-order valence-electron chi connectivity index (χ4n) is 1.61. The molecular weight excluding hydrogens is 276 g/mol. The quantitative estimate of drug-likeness (QED) is 0.466. The van der Waals surface area contributed by atoms with Gasteiger partial charge in [0.2, 0.25) is 23.6 Å². The van der Waals surface area contributed by atoms with Gasteiger partial charge in [-0.1, -0.05) is 0 Å². The van der Waals surface area contributed by atoms with Crippen molar-refractivity contribution in [1.29, 1.82) is 0 Å². The highest BCUT2D eigenvalue weighted by atomic mass is 16.2. The standard InChI is InChI=1S/C13H24N4O4/c1-3-17(13(21)9-16-10(2)18)8-7-15-12(20)6-4-5-11(14)19/h3-9H2,1-2H3,(H2,14,19)(H,15,20)(H,16,18). The number of hydrogen-bond acceptors (Lipinski definition) is 4. The van der Waals surface area contributed by atoms with Crippen molar-refractivity contribution in [3.63, 3.8) is 0 Å². The Kier molecular flexibility index (Phi) is 9.57. The summed E-state index contributed by atoms with van der Waals surface area (Å²) in [6, 6.07) is 0. The van der Waals surface area contributed by atoms with Crippen molar-refractivity contribution in [1.82, 2.24) is 15.5 Å². The van der Waals surface area contributed by atoms with Crippen molar-refractivity contribution >= 4 is 23.6 Å². The maximum absolute atomic E-state index is 11.7. The minimum Gasteiger partial charge on any atom is -0.370 e. The molecule has 0 spiro atoms. The molecule has 0 aromatic heterocycles. The second kappa shape index (κ2) is 10.6. The van der Waals surface area contributed by atoms with Gasteiger partial charge in [0.15, 0.2) is 0 Å². The number of nitrogens with two attached hydrogens (primary N) is 1. The number of nitrogens with zero attached hydrogens (tertiary/aromatic N) is 1. The molecule has 0 fully saturated rings. The lowest BCUT2D eigenvalue weighted by Gasteiger charge is -2.21. The molecule has 0 aliphatic carbocycles. The summed E-state index contributed by atoms with van der Waals surface area (Å²) in [5, 5.41) is 5.11. The Labute approximate surface area is 124 Å². The molecule has 0 saturated carbocycles. The number of likely N-dealkylation sites (N-methyl/N-ethyl adjacent to an activating group) is 1. The van der Waals surface area contributed by atoms with Gasteiger partial charge in [-0.3, -0.25) is 19.2 Å². The van der Waals surface area contributed by atoms with Gasteiger partial charge in [0.1, 0.15) is 0 Å². The van der Waals surface area contributed by atoms with Crippen LogP contribution in [0.3, 0.4) is 0 Å². The van der Waals surface area contributed by atoms with Crippen LogP contribution in [0.2, 0.25) is 0 Å². The van der Waals surface area contributed by atoms with Crippen LogP contribution in [0.4, 0.5) is 0 Å². The monoisotopic (exact) mass is 300 g/mol. The maximum Gasteiger partial charge on any atom is 0.242 e. The van der Waals surface area contributed by atoms with Crippen LogP contribution in [-0.4, -0.2) is 54.7 Å². The Morgan fingerprint density at radius 1 is 1.10 bits per heavy atom. The average molecular weight is 300 g/mol. The van der Waals surface area contributed by atoms with Gasteiger partial charge in [-0.15, -0.1) is 0 Å². The normalized spacial score (nSPS) is 9.81. The predicted molar refractivity (Wildman–Crippen MR) is 77.0 cm³/mol. The number of carbonyl (C=O) groups excluding carboxylic acids is 4. The summed E-state index contributed by atoms with van der Waals surface area (Å²) in [5.74, 6) is -1.07. The lowest BCUT2D eigenvalue weighted by molar-refractivity contribution is -0.132. The topological polar surface area (TPSA) is 122 Å². The number of primary amides is 1. The molecule has 0 heterocycles. The zero-order valence-corrected chi connectivity index (χ0v) is 12.6. The molecule has 0 aromatic carbocycles. The fourth-order valence-corrected chi connectivity index (χ4v) is 1.61. The van der Waals surface area contributed by atoms with Crippen LogP contribution in [0.1, 0.15) is 33.1 Å². The van der Waals surface area contributed by atoms with E-state index in [2.05, 4.69) is 10.6 Å². The Morgan fingerprint density at radius 3 is 2.29 bits per heavy atom. The third kappa shape index (κ3) is 10.3. The Bertz CT molecular complexity index is 384.